The number of piperidine rings is 1. The smallest absolute Gasteiger partial charge is 0.329 e. The highest BCUT2D eigenvalue weighted by atomic mass is 16.7. The maximum absolute atomic E-state index is 13.4. The van der Waals surface area contributed by atoms with Crippen molar-refractivity contribution in [2.24, 2.45) is 5.41 Å². The molecule has 2 aromatic rings. The molecule has 5 heteroatoms. The number of hydrogen-bond acceptors (Lipinski definition) is 5. The molecule has 3 aliphatic rings. The molecule has 0 amide bonds. The van der Waals surface area contributed by atoms with Crippen LogP contribution in [0.2, 0.25) is 0 Å². The summed E-state index contributed by atoms with van der Waals surface area (Å²) in [5.74, 6) is -1.86. The van der Waals surface area contributed by atoms with Crippen LogP contribution in [0.3, 0.4) is 0 Å². The molecule has 2 aromatic carbocycles. The predicted octanol–water partition coefficient (Wildman–Crippen LogP) is 3.82. The lowest BCUT2D eigenvalue weighted by Gasteiger charge is -2.54. The Bertz CT molecular complexity index is 948. The zero-order valence-electron chi connectivity index (χ0n) is 16.8. The lowest BCUT2D eigenvalue weighted by molar-refractivity contribution is -0.253. The molecule has 2 fully saturated rings. The van der Waals surface area contributed by atoms with Crippen LogP contribution in [0, 0.1) is 5.41 Å². The van der Waals surface area contributed by atoms with Gasteiger partial charge in [0.1, 0.15) is 0 Å². The average Bonchev–Trinajstić information content (AvgIpc) is 2.71. The summed E-state index contributed by atoms with van der Waals surface area (Å²) in [6.45, 7) is 4.00. The van der Waals surface area contributed by atoms with Crippen LogP contribution >= 0.6 is 0 Å². The van der Waals surface area contributed by atoms with Crippen LogP contribution in [0.15, 0.2) is 54.6 Å². The quantitative estimate of drug-likeness (QED) is 0.546. The van der Waals surface area contributed by atoms with Crippen molar-refractivity contribution >= 4 is 17.6 Å². The Hall–Kier alpha value is -2.82. The molecule has 3 aliphatic heterocycles. The maximum atomic E-state index is 13.4. The van der Waals surface area contributed by atoms with Crippen molar-refractivity contribution in [2.45, 2.75) is 50.9 Å². The van der Waals surface area contributed by atoms with Crippen molar-refractivity contribution in [3.05, 3.63) is 65.7 Å². The molecule has 0 unspecified atom stereocenters. The lowest BCUT2D eigenvalue weighted by atomic mass is 9.65. The number of rotatable bonds is 1. The molecule has 1 spiro atoms. The number of esters is 2. The normalized spacial score (nSPS) is 26.9. The molecule has 29 heavy (non-hydrogen) atoms. The minimum absolute atomic E-state index is 0.285. The summed E-state index contributed by atoms with van der Waals surface area (Å²) in [6, 6.07) is 18.1. The van der Waals surface area contributed by atoms with Gasteiger partial charge in [0.05, 0.1) is 6.04 Å². The maximum Gasteiger partial charge on any atom is 0.329 e. The Balaban J connectivity index is 1.61. The van der Waals surface area contributed by atoms with Crippen LogP contribution in [0.25, 0.3) is 0 Å². The molecular formula is C24H25NO4. The number of carbonyl (C=O) groups excluding carboxylic acids is 2. The van der Waals surface area contributed by atoms with E-state index < -0.39 is 23.1 Å². The number of para-hydroxylation sites is 1. The first-order chi connectivity index (χ1) is 13.9. The highest BCUT2D eigenvalue weighted by Crippen LogP contribution is 2.51. The van der Waals surface area contributed by atoms with Gasteiger partial charge in [-0.1, -0.05) is 48.5 Å². The van der Waals surface area contributed by atoms with E-state index in [-0.39, 0.29) is 12.0 Å². The van der Waals surface area contributed by atoms with E-state index in [1.807, 2.05) is 36.4 Å². The molecule has 5 rings (SSSR count). The molecule has 0 aromatic heterocycles. The molecule has 0 radical (unpaired) electrons. The van der Waals surface area contributed by atoms with E-state index in [0.29, 0.717) is 12.8 Å². The highest BCUT2D eigenvalue weighted by Gasteiger charge is 2.64. The van der Waals surface area contributed by atoms with Gasteiger partial charge in [0.25, 0.3) is 5.79 Å². The zero-order chi connectivity index (χ0) is 20.2. The summed E-state index contributed by atoms with van der Waals surface area (Å²) in [4.78, 5) is 28.9. The number of cyclic esters (lactones) is 2. The van der Waals surface area contributed by atoms with E-state index in [0.717, 1.165) is 24.2 Å². The minimum Gasteiger partial charge on any atom is -0.422 e. The molecule has 0 N–H and O–H groups in total. The number of hydrogen-bond donors (Lipinski definition) is 0. The van der Waals surface area contributed by atoms with Crippen molar-refractivity contribution in [3.8, 4) is 0 Å². The molecule has 0 aliphatic carbocycles. The Labute approximate surface area is 170 Å². The van der Waals surface area contributed by atoms with Crippen molar-refractivity contribution in [2.75, 3.05) is 11.4 Å². The van der Waals surface area contributed by atoms with Crippen molar-refractivity contribution < 1.29 is 19.1 Å². The van der Waals surface area contributed by atoms with Gasteiger partial charge in [-0.05, 0) is 36.0 Å². The van der Waals surface area contributed by atoms with Crippen LogP contribution in [0.4, 0.5) is 5.69 Å². The van der Waals surface area contributed by atoms with Gasteiger partial charge in [-0.15, -0.1) is 0 Å². The van der Waals surface area contributed by atoms with Crippen LogP contribution < -0.4 is 4.90 Å². The van der Waals surface area contributed by atoms with Gasteiger partial charge < -0.3 is 14.4 Å². The molecule has 0 saturated carbocycles. The lowest BCUT2D eigenvalue weighted by Crippen LogP contribution is -2.67. The van der Waals surface area contributed by atoms with E-state index in [1.165, 1.54) is 5.56 Å². The van der Waals surface area contributed by atoms with Gasteiger partial charge in [0.15, 0.2) is 5.41 Å². The molecule has 2 saturated heterocycles. The second kappa shape index (κ2) is 6.34. The van der Waals surface area contributed by atoms with Crippen molar-refractivity contribution in [1.29, 1.82) is 0 Å². The topological polar surface area (TPSA) is 55.8 Å². The second-order valence-electron chi connectivity index (χ2n) is 8.80. The van der Waals surface area contributed by atoms with Crippen LogP contribution in [-0.2, 0) is 25.5 Å². The standard InChI is InChI=1S/C24H25NO4/c1-23(2)28-21(26)24(22(27)29-23)15-18-10-6-7-11-19(18)25-13-12-17(14-20(24)25)16-8-4-3-5-9-16/h3-11,17,20H,12-15H2,1-2H3/t17-,20+/m1/s1. The second-order valence-corrected chi connectivity index (χ2v) is 8.80. The van der Waals surface area contributed by atoms with Gasteiger partial charge in [0.2, 0.25) is 0 Å². The highest BCUT2D eigenvalue weighted by molar-refractivity contribution is 6.04. The molecular weight excluding hydrogens is 366 g/mol. The van der Waals surface area contributed by atoms with Crippen LogP contribution in [-0.4, -0.2) is 30.3 Å². The minimum atomic E-state index is -1.32. The summed E-state index contributed by atoms with van der Waals surface area (Å²) in [5, 5.41) is 0. The van der Waals surface area contributed by atoms with Gasteiger partial charge in [-0.25, -0.2) is 0 Å². The number of carbonyl (C=O) groups is 2. The average molecular weight is 391 g/mol. The Morgan fingerprint density at radius 2 is 1.59 bits per heavy atom. The van der Waals surface area contributed by atoms with E-state index >= 15 is 0 Å². The molecule has 3 heterocycles. The fourth-order valence-electron chi connectivity index (χ4n) is 5.26. The van der Waals surface area contributed by atoms with Gasteiger partial charge >= 0.3 is 11.9 Å². The first kappa shape index (κ1) is 18.2. The van der Waals surface area contributed by atoms with Crippen LogP contribution in [0.5, 0.6) is 0 Å². The summed E-state index contributed by atoms with van der Waals surface area (Å²) in [6.07, 6.45) is 2.00. The fraction of sp³-hybridized carbons (Fsp3) is 0.417. The Kier molecular flexibility index (Phi) is 3.99. The molecule has 0 bridgehead atoms. The Morgan fingerprint density at radius 3 is 2.31 bits per heavy atom. The largest absolute Gasteiger partial charge is 0.422 e. The SMILES string of the molecule is CC1(C)OC(=O)C2(Cc3ccccc3N3CC[C@@H](c4ccccc4)C[C@H]32)C(=O)O1. The fourth-order valence-corrected chi connectivity index (χ4v) is 5.26. The number of benzene rings is 2. The van der Waals surface area contributed by atoms with E-state index in [4.69, 9.17) is 9.47 Å². The molecule has 5 nitrogen and oxygen atoms in total. The van der Waals surface area contributed by atoms with E-state index in [2.05, 4.69) is 23.1 Å². The summed E-state index contributed by atoms with van der Waals surface area (Å²) < 4.78 is 11.3. The number of ether oxygens (including phenoxy) is 2. The third-order valence-corrected chi connectivity index (χ3v) is 6.62. The molecule has 2 atom stereocenters. The number of nitrogens with zero attached hydrogens (tertiary/aromatic N) is 1. The first-order valence-corrected chi connectivity index (χ1v) is 10.3. The van der Waals surface area contributed by atoms with Gasteiger partial charge in [0, 0.05) is 32.5 Å². The Morgan fingerprint density at radius 1 is 0.931 bits per heavy atom. The summed E-state index contributed by atoms with van der Waals surface area (Å²) in [7, 11) is 0. The third kappa shape index (κ3) is 2.75. The van der Waals surface area contributed by atoms with E-state index in [1.54, 1.807) is 13.8 Å². The summed E-state index contributed by atoms with van der Waals surface area (Å²) >= 11 is 0. The predicted molar refractivity (Wildman–Crippen MR) is 108 cm³/mol. The monoisotopic (exact) mass is 391 g/mol. The number of fused-ring (bicyclic) bond motifs is 4. The third-order valence-electron chi connectivity index (χ3n) is 6.62. The van der Waals surface area contributed by atoms with E-state index in [9.17, 15) is 9.59 Å². The van der Waals surface area contributed by atoms with Crippen molar-refractivity contribution in [3.63, 3.8) is 0 Å². The number of anilines is 1. The first-order valence-electron chi connectivity index (χ1n) is 10.3. The van der Waals surface area contributed by atoms with Gasteiger partial charge in [-0.3, -0.25) is 9.59 Å². The molecule has 150 valence electrons. The zero-order valence-corrected chi connectivity index (χ0v) is 16.8. The summed E-state index contributed by atoms with van der Waals surface area (Å²) in [5.41, 5.74) is 2.03. The van der Waals surface area contributed by atoms with Crippen LogP contribution in [0.1, 0.15) is 43.7 Å². The van der Waals surface area contributed by atoms with Crippen molar-refractivity contribution in [1.82, 2.24) is 0 Å². The van der Waals surface area contributed by atoms with Gasteiger partial charge in [-0.2, -0.15) is 0 Å².